The Hall–Kier alpha value is -3.87. The lowest BCUT2D eigenvalue weighted by Gasteiger charge is -2.25. The van der Waals surface area contributed by atoms with Crippen LogP contribution in [0.2, 0.25) is 0 Å². The van der Waals surface area contributed by atoms with E-state index in [1.807, 2.05) is 6.92 Å². The molecule has 1 fully saturated rings. The number of carbonyl (C=O) groups is 1. The summed E-state index contributed by atoms with van der Waals surface area (Å²) in [5.74, 6) is -0.730. The molecule has 2 aliphatic heterocycles. The standard InChI is InChI=1S/C33H40N4O3/c1-9-19-16(5)23-11-21-14(3)15(4)22(34-21)12-24-17(6)20(10-2)30(36-24)28-29(33(39)40-8)32(38)27-18(7)25(37-31(27)28)13-26(19)35-23/h11-13,17,20,29-30,34-38H,9-10H2,1-8H3/b23-11-,24-12-,26-13-/t17-,20-,29+,30?/m0/s1. The van der Waals surface area contributed by atoms with Gasteiger partial charge in [-0.2, -0.15) is 0 Å². The predicted octanol–water partition coefficient (Wildman–Crippen LogP) is 2.73. The maximum Gasteiger partial charge on any atom is 0.320 e. The van der Waals surface area contributed by atoms with Gasteiger partial charge in [-0.05, 0) is 91.7 Å². The number of aliphatic hydroxyl groups is 1. The second-order valence-corrected chi connectivity index (χ2v) is 11.7. The Bertz CT molecular complexity index is 1850. The molecule has 0 radical (unpaired) electrons. The molecule has 0 amide bonds. The number of aliphatic hydroxyl groups excluding tert-OH is 1. The van der Waals surface area contributed by atoms with Crippen molar-refractivity contribution >= 4 is 35.5 Å². The summed E-state index contributed by atoms with van der Waals surface area (Å²) in [6, 6.07) is -0.134. The van der Waals surface area contributed by atoms with Crippen molar-refractivity contribution in [2.45, 2.75) is 67.3 Å². The van der Waals surface area contributed by atoms with Crippen LogP contribution in [0.5, 0.6) is 0 Å². The first kappa shape index (κ1) is 26.4. The summed E-state index contributed by atoms with van der Waals surface area (Å²) in [4.78, 5) is 24.2. The molecule has 5 heterocycles. The average molecular weight is 541 g/mol. The zero-order valence-electron chi connectivity index (χ0n) is 24.7. The molecule has 0 saturated carbocycles. The number of rotatable bonds is 3. The van der Waals surface area contributed by atoms with Gasteiger partial charge in [-0.25, -0.2) is 0 Å². The number of ether oxygens (including phenoxy) is 1. The minimum Gasteiger partial charge on any atom is -0.510 e. The monoisotopic (exact) mass is 540 g/mol. The van der Waals surface area contributed by atoms with Crippen LogP contribution >= 0.6 is 0 Å². The Morgan fingerprint density at radius 2 is 1.55 bits per heavy atom. The van der Waals surface area contributed by atoms with Crippen molar-refractivity contribution in [1.29, 1.82) is 0 Å². The number of esters is 1. The zero-order valence-corrected chi connectivity index (χ0v) is 24.7. The Morgan fingerprint density at radius 3 is 2.20 bits per heavy atom. The molecule has 0 spiro atoms. The first-order valence-electron chi connectivity index (χ1n) is 14.4. The van der Waals surface area contributed by atoms with Crippen LogP contribution in [0, 0.1) is 45.4 Å². The van der Waals surface area contributed by atoms with Gasteiger partial charge in [-0.3, -0.25) is 4.79 Å². The number of fused-ring (bicyclic) bond motifs is 8. The summed E-state index contributed by atoms with van der Waals surface area (Å²) in [5, 5.41) is 19.0. The van der Waals surface area contributed by atoms with Gasteiger partial charge in [0.25, 0.3) is 0 Å². The lowest BCUT2D eigenvalue weighted by molar-refractivity contribution is -0.142. The normalized spacial score (nSPS) is 26.1. The van der Waals surface area contributed by atoms with Crippen molar-refractivity contribution in [3.63, 3.8) is 0 Å². The van der Waals surface area contributed by atoms with Crippen LogP contribution in [0.25, 0.3) is 29.6 Å². The summed E-state index contributed by atoms with van der Waals surface area (Å²) in [6.45, 7) is 15.1. The van der Waals surface area contributed by atoms with Crippen LogP contribution < -0.4 is 26.6 Å². The summed E-state index contributed by atoms with van der Waals surface area (Å²) in [7, 11) is 1.39. The van der Waals surface area contributed by atoms with Crippen molar-refractivity contribution in [2.24, 2.45) is 17.8 Å². The number of allylic oxidation sites excluding steroid dienone is 1. The Balaban J connectivity index is 1.75. The number of hydrogen-bond acceptors (Lipinski definition) is 4. The van der Waals surface area contributed by atoms with Gasteiger partial charge in [0, 0.05) is 44.6 Å². The highest BCUT2D eigenvalue weighted by Crippen LogP contribution is 2.41. The molecule has 40 heavy (non-hydrogen) atoms. The lowest BCUT2D eigenvalue weighted by atomic mass is 9.81. The Labute approximate surface area is 234 Å². The van der Waals surface area contributed by atoms with E-state index in [-0.39, 0.29) is 23.6 Å². The van der Waals surface area contributed by atoms with Gasteiger partial charge in [0.05, 0.1) is 18.5 Å². The number of hydrogen-bond donors (Lipinski definition) is 5. The smallest absolute Gasteiger partial charge is 0.320 e. The second kappa shape index (κ2) is 9.36. The van der Waals surface area contributed by atoms with Gasteiger partial charge in [-0.15, -0.1) is 0 Å². The minimum atomic E-state index is -0.836. The van der Waals surface area contributed by atoms with Crippen molar-refractivity contribution in [3.8, 4) is 0 Å². The quantitative estimate of drug-likeness (QED) is 0.330. The summed E-state index contributed by atoms with van der Waals surface area (Å²) >= 11 is 0. The van der Waals surface area contributed by atoms with E-state index in [0.29, 0.717) is 0 Å². The third kappa shape index (κ3) is 3.59. The van der Waals surface area contributed by atoms with Gasteiger partial charge in [0.1, 0.15) is 11.7 Å². The zero-order chi connectivity index (χ0) is 28.6. The molecular weight excluding hydrogens is 500 g/mol. The van der Waals surface area contributed by atoms with Crippen LogP contribution in [0.4, 0.5) is 0 Å². The minimum absolute atomic E-state index is 0.0704. The molecule has 8 bridgehead atoms. The van der Waals surface area contributed by atoms with Gasteiger partial charge in [0.2, 0.25) is 0 Å². The van der Waals surface area contributed by atoms with Crippen molar-refractivity contribution in [2.75, 3.05) is 7.11 Å². The molecular formula is C33H40N4O3. The fourth-order valence-electron chi connectivity index (χ4n) is 7.30. The van der Waals surface area contributed by atoms with Gasteiger partial charge >= 0.3 is 5.97 Å². The molecule has 1 unspecified atom stereocenters. The highest BCUT2D eigenvalue weighted by molar-refractivity contribution is 5.95. The molecule has 0 aromatic carbocycles. The molecule has 210 valence electrons. The number of H-pyrrole nitrogens is 3. The highest BCUT2D eigenvalue weighted by atomic mass is 16.5. The van der Waals surface area contributed by atoms with Crippen molar-refractivity contribution in [3.05, 3.63) is 71.9 Å². The number of carbonyl (C=O) groups excluding carboxylic acids is 1. The van der Waals surface area contributed by atoms with Gasteiger partial charge in [0.15, 0.2) is 0 Å². The predicted molar refractivity (Wildman–Crippen MR) is 159 cm³/mol. The molecule has 4 atom stereocenters. The maximum absolute atomic E-state index is 13.2. The second-order valence-electron chi connectivity index (χ2n) is 11.7. The largest absolute Gasteiger partial charge is 0.510 e. The molecule has 6 rings (SSSR count). The highest BCUT2D eigenvalue weighted by Gasteiger charge is 2.46. The van der Waals surface area contributed by atoms with Gasteiger partial charge in [-0.1, -0.05) is 27.2 Å². The van der Waals surface area contributed by atoms with E-state index in [4.69, 9.17) is 4.74 Å². The fourth-order valence-corrected chi connectivity index (χ4v) is 7.30. The molecule has 7 heteroatoms. The van der Waals surface area contributed by atoms with Crippen molar-refractivity contribution < 1.29 is 14.6 Å². The first-order valence-corrected chi connectivity index (χ1v) is 14.4. The van der Waals surface area contributed by atoms with Crippen LogP contribution in [0.3, 0.4) is 0 Å². The van der Waals surface area contributed by atoms with Crippen LogP contribution in [-0.2, 0) is 16.0 Å². The van der Waals surface area contributed by atoms with Crippen LogP contribution in [0.15, 0.2) is 5.70 Å². The third-order valence-corrected chi connectivity index (χ3v) is 9.87. The SMILES string of the molecule is CCc1c(C)/c2[nH]/c1=C\c1[nH]c3c(c1C)=C(O)[C@H](C(=O)OC)C=3C1N/C(=C\c3[nH]c(c(C)c3C)\C=2)[C@@H](C)[C@@H]1CC. The molecule has 1 aliphatic carbocycles. The summed E-state index contributed by atoms with van der Waals surface area (Å²) in [6.07, 6.45) is 8.41. The molecule has 3 aromatic heterocycles. The number of aromatic amines is 3. The summed E-state index contributed by atoms with van der Waals surface area (Å²) < 4.78 is 5.23. The van der Waals surface area contributed by atoms with E-state index in [2.05, 4.69) is 80.0 Å². The van der Waals surface area contributed by atoms with Gasteiger partial charge < -0.3 is 30.1 Å². The Kier molecular flexibility index (Phi) is 6.17. The Morgan fingerprint density at radius 1 is 0.900 bits per heavy atom. The van der Waals surface area contributed by atoms with Crippen LogP contribution in [0.1, 0.15) is 72.1 Å². The molecule has 1 saturated heterocycles. The lowest BCUT2D eigenvalue weighted by Crippen LogP contribution is -2.37. The number of aromatic nitrogens is 3. The van der Waals surface area contributed by atoms with Crippen LogP contribution in [-0.4, -0.2) is 39.2 Å². The number of nitrogens with one attached hydrogen (secondary N) is 4. The van der Waals surface area contributed by atoms with E-state index in [9.17, 15) is 9.90 Å². The van der Waals surface area contributed by atoms with Crippen molar-refractivity contribution in [1.82, 2.24) is 20.3 Å². The van der Waals surface area contributed by atoms with E-state index < -0.39 is 11.9 Å². The van der Waals surface area contributed by atoms with E-state index in [1.54, 1.807) is 0 Å². The molecule has 5 N–H and O–H groups in total. The van der Waals surface area contributed by atoms with E-state index in [1.165, 1.54) is 29.4 Å². The fraction of sp³-hybridized carbons (Fsp3) is 0.424. The van der Waals surface area contributed by atoms with E-state index in [0.717, 1.165) is 68.0 Å². The average Bonchev–Trinajstić information content (AvgIpc) is 3.66. The number of methoxy groups -OCH3 is 1. The summed E-state index contributed by atoms with van der Waals surface area (Å²) in [5.41, 5.74) is 11.0. The molecule has 3 aromatic rings. The maximum atomic E-state index is 13.2. The first-order chi connectivity index (χ1) is 19.1. The molecule has 7 nitrogen and oxygen atoms in total. The molecule has 3 aliphatic rings. The van der Waals surface area contributed by atoms with E-state index >= 15 is 0 Å². The topological polar surface area (TPSA) is 106 Å². The third-order valence-electron chi connectivity index (χ3n) is 9.87.